The fourth-order valence-electron chi connectivity index (χ4n) is 5.68. The first kappa shape index (κ1) is 29.7. The van der Waals surface area contributed by atoms with E-state index in [4.69, 9.17) is 19.0 Å². The van der Waals surface area contributed by atoms with Crippen molar-refractivity contribution in [2.75, 3.05) is 39.5 Å². The summed E-state index contributed by atoms with van der Waals surface area (Å²) in [7, 11) is -7.26. The van der Waals surface area contributed by atoms with Gasteiger partial charge in [0.2, 0.25) is 0 Å². The fourth-order valence-corrected chi connectivity index (χ4v) is 37.2. The minimum absolute atomic E-state index is 0.344. The van der Waals surface area contributed by atoms with Crippen molar-refractivity contribution in [3.8, 4) is 0 Å². The highest BCUT2D eigenvalue weighted by molar-refractivity contribution is 7.15. The van der Waals surface area contributed by atoms with Gasteiger partial charge in [-0.25, -0.2) is 0 Å². The monoisotopic (exact) mass is 480 g/mol. The van der Waals surface area contributed by atoms with Gasteiger partial charge < -0.3 is 24.3 Å². The van der Waals surface area contributed by atoms with Gasteiger partial charge in [-0.1, -0.05) is 58.9 Å². The second kappa shape index (κ2) is 12.1. The first-order chi connectivity index (χ1) is 13.1. The quantitative estimate of drug-likeness (QED) is 0.246. The van der Waals surface area contributed by atoms with Gasteiger partial charge in [0.05, 0.1) is 0 Å². The number of nitrogens with one attached hydrogen (secondary N) is 1. The lowest BCUT2D eigenvalue weighted by molar-refractivity contribution is 0.0660. The van der Waals surface area contributed by atoms with E-state index in [1.54, 1.807) is 0 Å². The lowest BCUT2D eigenvalue weighted by atomic mass is 10.5. The average molecular weight is 481 g/mol. The number of hydrogen-bond acceptors (Lipinski definition) is 5. The molecule has 0 heterocycles. The van der Waals surface area contributed by atoms with Crippen LogP contribution < -0.4 is 11.1 Å². The molecule has 0 unspecified atom stereocenters. The average Bonchev–Trinajstić information content (AvgIpc) is 2.51. The summed E-state index contributed by atoms with van der Waals surface area (Å²) in [5, 5.41) is 3.39. The Hall–Kier alpha value is 0.668. The molecule has 0 spiro atoms. The summed E-state index contributed by atoms with van der Waals surface area (Å²) in [6.45, 7) is 31.6. The summed E-state index contributed by atoms with van der Waals surface area (Å²) >= 11 is 0. The molecule has 0 saturated carbocycles. The molecule has 0 aromatic carbocycles. The van der Waals surface area contributed by atoms with Crippen LogP contribution in [0, 0.1) is 0 Å². The zero-order valence-electron chi connectivity index (χ0n) is 21.5. The Balaban J connectivity index is 5.82. The van der Waals surface area contributed by atoms with Crippen molar-refractivity contribution in [2.45, 2.75) is 89.5 Å². The van der Waals surface area contributed by atoms with Gasteiger partial charge in [0.25, 0.3) is 0 Å². The highest BCUT2D eigenvalue weighted by Crippen LogP contribution is 2.54. The largest absolute Gasteiger partial charge is 0.500 e. The van der Waals surface area contributed by atoms with Gasteiger partial charge in [-0.3, -0.25) is 0 Å². The molecule has 9 heteroatoms. The summed E-state index contributed by atoms with van der Waals surface area (Å²) in [5.74, 6) is 0. The normalized spacial score (nSPS) is 14.5. The molecule has 0 aliphatic rings. The van der Waals surface area contributed by atoms with Crippen LogP contribution in [0.15, 0.2) is 0 Å². The van der Waals surface area contributed by atoms with Gasteiger partial charge in [0.1, 0.15) is 0 Å². The fraction of sp³-hybridized carbons (Fsp3) is 1.00. The van der Waals surface area contributed by atoms with Crippen molar-refractivity contribution in [2.24, 2.45) is 5.73 Å². The van der Waals surface area contributed by atoms with E-state index in [-0.39, 0.29) is 0 Å². The SMILES string of the molecule is CCO[Si](CCCNCCN)(OCC)OCC([Si](C)(C)C)([Si](C)(C)C)[Si](C)(C)C. The van der Waals surface area contributed by atoms with Crippen LogP contribution in [-0.2, 0) is 13.3 Å². The second-order valence-corrected chi connectivity index (χ2v) is 31.4. The molecule has 0 aliphatic carbocycles. The molecule has 0 aromatic heterocycles. The molecular formula is C20H52N2O3Si4. The molecule has 0 radical (unpaired) electrons. The Morgan fingerprint density at radius 3 is 1.52 bits per heavy atom. The van der Waals surface area contributed by atoms with Crippen LogP contribution in [0.5, 0.6) is 0 Å². The number of hydrogen-bond donors (Lipinski definition) is 2. The molecule has 0 fully saturated rings. The van der Waals surface area contributed by atoms with E-state index >= 15 is 0 Å². The van der Waals surface area contributed by atoms with Crippen LogP contribution in [-0.4, -0.2) is 72.5 Å². The minimum Gasteiger partial charge on any atom is -0.374 e. The Kier molecular flexibility index (Phi) is 12.3. The van der Waals surface area contributed by atoms with Crippen molar-refractivity contribution >= 4 is 33.0 Å². The molecule has 0 bridgehead atoms. The van der Waals surface area contributed by atoms with Gasteiger partial charge in [0, 0.05) is 63.2 Å². The second-order valence-electron chi connectivity index (χ2n) is 11.1. The molecule has 0 amide bonds. The van der Waals surface area contributed by atoms with Gasteiger partial charge in [0.15, 0.2) is 0 Å². The topological polar surface area (TPSA) is 65.7 Å². The van der Waals surface area contributed by atoms with Crippen molar-refractivity contribution in [1.82, 2.24) is 5.32 Å². The van der Waals surface area contributed by atoms with E-state index < -0.39 is 33.0 Å². The predicted octanol–water partition coefficient (Wildman–Crippen LogP) is 4.79. The molecule has 0 aromatic rings. The van der Waals surface area contributed by atoms with Crippen LogP contribution in [0.25, 0.3) is 0 Å². The van der Waals surface area contributed by atoms with Gasteiger partial charge >= 0.3 is 8.80 Å². The summed E-state index contributed by atoms with van der Waals surface area (Å²) in [6.07, 6.45) is 0.992. The van der Waals surface area contributed by atoms with Crippen LogP contribution >= 0.6 is 0 Å². The zero-order valence-corrected chi connectivity index (χ0v) is 25.5. The Labute approximate surface area is 186 Å². The summed E-state index contributed by atoms with van der Waals surface area (Å²) in [6, 6.07) is 0.866. The smallest absolute Gasteiger partial charge is 0.374 e. The third-order valence-electron chi connectivity index (χ3n) is 6.24. The minimum atomic E-state index is -2.71. The van der Waals surface area contributed by atoms with E-state index in [0.717, 1.165) is 32.2 Å². The summed E-state index contributed by atoms with van der Waals surface area (Å²) < 4.78 is 19.8. The maximum Gasteiger partial charge on any atom is 0.500 e. The molecule has 176 valence electrons. The molecule has 29 heavy (non-hydrogen) atoms. The first-order valence-electron chi connectivity index (χ1n) is 11.5. The first-order valence-corrected chi connectivity index (χ1v) is 23.9. The molecule has 0 aliphatic heterocycles. The van der Waals surface area contributed by atoms with E-state index in [1.807, 2.05) is 0 Å². The van der Waals surface area contributed by atoms with Crippen molar-refractivity contribution < 1.29 is 13.3 Å². The van der Waals surface area contributed by atoms with Gasteiger partial charge in [-0.2, -0.15) is 0 Å². The molecule has 0 rings (SSSR count). The van der Waals surface area contributed by atoms with E-state index in [9.17, 15) is 0 Å². The van der Waals surface area contributed by atoms with Crippen LogP contribution in [0.1, 0.15) is 20.3 Å². The maximum absolute atomic E-state index is 6.91. The lowest BCUT2D eigenvalue weighted by Crippen LogP contribution is -2.68. The van der Waals surface area contributed by atoms with Crippen LogP contribution in [0.3, 0.4) is 0 Å². The standard InChI is InChI=1S/C20H52N2O3Si4/c1-12-23-29(24-13-2,18-14-16-22-17-15-21)25-19-20(26(3,4)5,27(6,7)8)28(9,10)11/h22H,12-19,21H2,1-11H3. The Morgan fingerprint density at radius 2 is 1.17 bits per heavy atom. The third kappa shape index (κ3) is 7.94. The van der Waals surface area contributed by atoms with Crippen molar-refractivity contribution in [3.05, 3.63) is 0 Å². The Morgan fingerprint density at radius 1 is 0.724 bits per heavy atom. The summed E-state index contributed by atoms with van der Waals surface area (Å²) in [5.41, 5.74) is 5.59. The highest BCUT2D eigenvalue weighted by atomic mass is 28.5. The molecule has 3 N–H and O–H groups in total. The Bertz CT molecular complexity index is 418. The lowest BCUT2D eigenvalue weighted by Gasteiger charge is -2.59. The maximum atomic E-state index is 6.91. The summed E-state index contributed by atoms with van der Waals surface area (Å²) in [4.78, 5) is 0. The highest BCUT2D eigenvalue weighted by Gasteiger charge is 2.61. The van der Waals surface area contributed by atoms with Crippen molar-refractivity contribution in [1.29, 1.82) is 0 Å². The van der Waals surface area contributed by atoms with E-state index in [2.05, 4.69) is 78.1 Å². The number of rotatable bonds is 16. The van der Waals surface area contributed by atoms with Crippen LogP contribution in [0.2, 0.25) is 69.3 Å². The predicted molar refractivity (Wildman–Crippen MR) is 139 cm³/mol. The van der Waals surface area contributed by atoms with Crippen molar-refractivity contribution in [3.63, 3.8) is 0 Å². The van der Waals surface area contributed by atoms with Gasteiger partial charge in [-0.15, -0.1) is 0 Å². The molecule has 5 nitrogen and oxygen atoms in total. The molecule has 0 atom stereocenters. The number of nitrogens with two attached hydrogens (primary N) is 1. The van der Waals surface area contributed by atoms with E-state index in [1.165, 1.54) is 0 Å². The van der Waals surface area contributed by atoms with Gasteiger partial charge in [-0.05, 0) is 31.1 Å². The van der Waals surface area contributed by atoms with E-state index in [0.29, 0.717) is 24.0 Å². The third-order valence-corrected chi connectivity index (χ3v) is 30.9. The molecule has 0 saturated heterocycles. The van der Waals surface area contributed by atoms with Crippen LogP contribution in [0.4, 0.5) is 0 Å². The molecular weight excluding hydrogens is 429 g/mol. The zero-order chi connectivity index (χ0) is 23.0.